The Labute approximate surface area is 119 Å². The first-order valence-corrected chi connectivity index (χ1v) is 7.03. The lowest BCUT2D eigenvalue weighted by atomic mass is 10.2. The molecule has 0 unspecified atom stereocenters. The van der Waals surface area contributed by atoms with Crippen LogP contribution in [0, 0.1) is 0 Å². The van der Waals surface area contributed by atoms with Crippen molar-refractivity contribution in [3.8, 4) is 0 Å². The molecule has 0 atom stereocenters. The van der Waals surface area contributed by atoms with E-state index in [0.717, 1.165) is 0 Å². The Morgan fingerprint density at radius 3 is 1.90 bits per heavy atom. The van der Waals surface area contributed by atoms with Gasteiger partial charge in [-0.05, 0) is 13.8 Å². The monoisotopic (exact) mass is 285 g/mol. The van der Waals surface area contributed by atoms with Gasteiger partial charge in [0.2, 0.25) is 5.91 Å². The fourth-order valence-electron chi connectivity index (χ4n) is 2.21. The van der Waals surface area contributed by atoms with Gasteiger partial charge in [0.25, 0.3) is 0 Å². The largest absolute Gasteiger partial charge is 0.481 e. The molecule has 1 heterocycles. The highest BCUT2D eigenvalue weighted by molar-refractivity contribution is 5.81. The Bertz CT molecular complexity index is 361. The van der Waals surface area contributed by atoms with Crippen LogP contribution in [-0.2, 0) is 9.59 Å². The zero-order valence-electron chi connectivity index (χ0n) is 12.2. The van der Waals surface area contributed by atoms with E-state index in [-0.39, 0.29) is 24.8 Å². The fourth-order valence-corrected chi connectivity index (χ4v) is 2.21. The van der Waals surface area contributed by atoms with Gasteiger partial charge in [-0.15, -0.1) is 0 Å². The maximum Gasteiger partial charge on any atom is 0.320 e. The Balaban J connectivity index is 2.41. The lowest BCUT2D eigenvalue weighted by Gasteiger charge is -2.37. The third-order valence-electron chi connectivity index (χ3n) is 3.49. The van der Waals surface area contributed by atoms with Crippen LogP contribution in [0.1, 0.15) is 26.7 Å². The molecule has 1 aliphatic heterocycles. The zero-order valence-corrected chi connectivity index (χ0v) is 12.2. The van der Waals surface area contributed by atoms with Gasteiger partial charge in [0, 0.05) is 45.7 Å². The van der Waals surface area contributed by atoms with Gasteiger partial charge in [0.1, 0.15) is 0 Å². The van der Waals surface area contributed by atoms with E-state index in [9.17, 15) is 14.4 Å². The quantitative estimate of drug-likeness (QED) is 0.795. The molecule has 0 bridgehead atoms. The van der Waals surface area contributed by atoms with Crippen LogP contribution < -0.4 is 0 Å². The van der Waals surface area contributed by atoms with Crippen molar-refractivity contribution < 1.29 is 19.5 Å². The van der Waals surface area contributed by atoms with Gasteiger partial charge < -0.3 is 19.8 Å². The first kappa shape index (κ1) is 16.3. The van der Waals surface area contributed by atoms with Crippen LogP contribution in [0.25, 0.3) is 0 Å². The molecular formula is C13H23N3O4. The SMILES string of the molecule is CCN(CC)C(=O)N1CCN(C(=O)CCC(=O)O)CC1. The molecule has 0 aromatic rings. The van der Waals surface area contributed by atoms with Crippen molar-refractivity contribution in [2.45, 2.75) is 26.7 Å². The minimum absolute atomic E-state index is 0.00707. The minimum atomic E-state index is -0.964. The third kappa shape index (κ3) is 4.40. The summed E-state index contributed by atoms with van der Waals surface area (Å²) in [6, 6.07) is 0.00707. The maximum atomic E-state index is 12.1. The molecule has 0 saturated carbocycles. The van der Waals surface area contributed by atoms with Crippen molar-refractivity contribution in [1.29, 1.82) is 0 Å². The summed E-state index contributed by atoms with van der Waals surface area (Å²) in [7, 11) is 0. The summed E-state index contributed by atoms with van der Waals surface area (Å²) in [5.74, 6) is -1.11. The Morgan fingerprint density at radius 2 is 1.45 bits per heavy atom. The van der Waals surface area contributed by atoms with Crippen LogP contribution >= 0.6 is 0 Å². The third-order valence-corrected chi connectivity index (χ3v) is 3.49. The number of nitrogens with zero attached hydrogens (tertiary/aromatic N) is 3. The van der Waals surface area contributed by atoms with Gasteiger partial charge >= 0.3 is 12.0 Å². The molecule has 1 fully saturated rings. The van der Waals surface area contributed by atoms with Gasteiger partial charge in [-0.3, -0.25) is 9.59 Å². The number of urea groups is 1. The van der Waals surface area contributed by atoms with Crippen molar-refractivity contribution >= 4 is 17.9 Å². The number of carbonyl (C=O) groups is 3. The van der Waals surface area contributed by atoms with Gasteiger partial charge in [-0.1, -0.05) is 0 Å². The molecule has 0 spiro atoms. The summed E-state index contributed by atoms with van der Waals surface area (Å²) in [6.45, 7) is 7.19. The smallest absolute Gasteiger partial charge is 0.320 e. The highest BCUT2D eigenvalue weighted by Crippen LogP contribution is 2.08. The van der Waals surface area contributed by atoms with Gasteiger partial charge in [0.15, 0.2) is 0 Å². The molecule has 7 nitrogen and oxygen atoms in total. The minimum Gasteiger partial charge on any atom is -0.481 e. The lowest BCUT2D eigenvalue weighted by Crippen LogP contribution is -2.54. The molecule has 7 heteroatoms. The zero-order chi connectivity index (χ0) is 15.1. The van der Waals surface area contributed by atoms with Crippen molar-refractivity contribution in [3.05, 3.63) is 0 Å². The molecule has 1 rings (SSSR count). The molecule has 1 N–H and O–H groups in total. The van der Waals surface area contributed by atoms with Crippen LogP contribution in [0.15, 0.2) is 0 Å². The summed E-state index contributed by atoms with van der Waals surface area (Å²) < 4.78 is 0. The highest BCUT2D eigenvalue weighted by atomic mass is 16.4. The fraction of sp³-hybridized carbons (Fsp3) is 0.769. The van der Waals surface area contributed by atoms with Gasteiger partial charge in [0.05, 0.1) is 6.42 Å². The number of aliphatic carboxylic acids is 1. The number of carboxylic acids is 1. The van der Waals surface area contributed by atoms with Crippen LogP contribution in [0.3, 0.4) is 0 Å². The van der Waals surface area contributed by atoms with Gasteiger partial charge in [-0.25, -0.2) is 4.79 Å². The van der Waals surface area contributed by atoms with Crippen LogP contribution in [-0.4, -0.2) is 77.0 Å². The standard InChI is InChI=1S/C13H23N3O4/c1-3-14(4-2)13(20)16-9-7-15(8-10-16)11(17)5-6-12(18)19/h3-10H2,1-2H3,(H,18,19). The number of piperazine rings is 1. The first-order valence-electron chi connectivity index (χ1n) is 7.03. The van der Waals surface area contributed by atoms with Crippen molar-refractivity contribution in [2.75, 3.05) is 39.3 Å². The number of rotatable bonds is 5. The van der Waals surface area contributed by atoms with E-state index in [1.165, 1.54) is 0 Å². The predicted molar refractivity (Wildman–Crippen MR) is 73.3 cm³/mol. The number of carboxylic acid groups (broad SMARTS) is 1. The van der Waals surface area contributed by atoms with E-state index in [4.69, 9.17) is 5.11 Å². The Morgan fingerprint density at radius 1 is 0.950 bits per heavy atom. The van der Waals surface area contributed by atoms with Crippen LogP contribution in [0.4, 0.5) is 4.79 Å². The number of carbonyl (C=O) groups excluding carboxylic acids is 2. The lowest BCUT2D eigenvalue weighted by molar-refractivity contribution is -0.141. The van der Waals surface area contributed by atoms with Crippen LogP contribution in [0.2, 0.25) is 0 Å². The molecule has 0 aliphatic carbocycles. The molecular weight excluding hydrogens is 262 g/mol. The predicted octanol–water partition coefficient (Wildman–Crippen LogP) is 0.457. The van der Waals surface area contributed by atoms with Crippen molar-refractivity contribution in [3.63, 3.8) is 0 Å². The number of hydrogen-bond acceptors (Lipinski definition) is 3. The first-order chi connectivity index (χ1) is 9.49. The molecule has 0 radical (unpaired) electrons. The molecule has 0 aromatic carbocycles. The summed E-state index contributed by atoms with van der Waals surface area (Å²) in [4.78, 5) is 39.5. The van der Waals surface area contributed by atoms with Crippen molar-refractivity contribution in [1.82, 2.24) is 14.7 Å². The second-order valence-electron chi connectivity index (χ2n) is 4.72. The Kier molecular flexibility index (Phi) is 6.27. The molecule has 1 aliphatic rings. The summed E-state index contributed by atoms with van der Waals surface area (Å²) >= 11 is 0. The summed E-state index contributed by atoms with van der Waals surface area (Å²) in [5, 5.41) is 8.56. The molecule has 114 valence electrons. The van der Waals surface area contributed by atoms with Gasteiger partial charge in [-0.2, -0.15) is 0 Å². The second-order valence-corrected chi connectivity index (χ2v) is 4.72. The van der Waals surface area contributed by atoms with E-state index in [0.29, 0.717) is 39.3 Å². The summed E-state index contributed by atoms with van der Waals surface area (Å²) in [5.41, 5.74) is 0. The average molecular weight is 285 g/mol. The van der Waals surface area contributed by atoms with Crippen molar-refractivity contribution in [2.24, 2.45) is 0 Å². The van der Waals surface area contributed by atoms with E-state index < -0.39 is 5.97 Å². The van der Waals surface area contributed by atoms with E-state index in [1.807, 2.05) is 13.8 Å². The van der Waals surface area contributed by atoms with Crippen LogP contribution in [0.5, 0.6) is 0 Å². The summed E-state index contributed by atoms with van der Waals surface area (Å²) in [6.07, 6.45) is -0.114. The Hall–Kier alpha value is -1.79. The second kappa shape index (κ2) is 7.72. The number of hydrogen-bond donors (Lipinski definition) is 1. The number of amides is 3. The van der Waals surface area contributed by atoms with E-state index >= 15 is 0 Å². The molecule has 3 amide bonds. The highest BCUT2D eigenvalue weighted by Gasteiger charge is 2.26. The topological polar surface area (TPSA) is 81.2 Å². The molecule has 20 heavy (non-hydrogen) atoms. The molecule has 0 aromatic heterocycles. The molecule has 1 saturated heterocycles. The average Bonchev–Trinajstić information content (AvgIpc) is 2.46. The normalized spacial score (nSPS) is 15.1. The maximum absolute atomic E-state index is 12.1. The van der Waals surface area contributed by atoms with E-state index in [1.54, 1.807) is 14.7 Å². The van der Waals surface area contributed by atoms with E-state index in [2.05, 4.69) is 0 Å².